The molecular weight excluding hydrogens is 309 g/mol. The van der Waals surface area contributed by atoms with Crippen molar-refractivity contribution in [2.24, 2.45) is 13.0 Å². The Hall–Kier alpha value is -2.22. The number of amides is 1. The lowest BCUT2D eigenvalue weighted by atomic mass is 10.2. The highest BCUT2D eigenvalue weighted by molar-refractivity contribution is 7.90. The van der Waals surface area contributed by atoms with Crippen LogP contribution in [-0.4, -0.2) is 24.1 Å². The first-order valence-electron chi connectivity index (χ1n) is 6.67. The molecule has 6 nitrogen and oxygen atoms in total. The van der Waals surface area contributed by atoms with Gasteiger partial charge in [-0.05, 0) is 42.2 Å². The predicted molar refractivity (Wildman–Crippen MR) is 75.8 cm³/mol. The summed E-state index contributed by atoms with van der Waals surface area (Å²) in [7, 11) is -2.19. The van der Waals surface area contributed by atoms with Crippen LogP contribution < -0.4 is 4.72 Å². The van der Waals surface area contributed by atoms with Crippen molar-refractivity contribution in [3.63, 3.8) is 0 Å². The minimum absolute atomic E-state index is 0.00267. The molecule has 1 saturated carbocycles. The molecule has 2 atom stereocenters. The number of hydrogen-bond donors (Lipinski definition) is 1. The quantitative estimate of drug-likeness (QED) is 0.916. The van der Waals surface area contributed by atoms with Crippen molar-refractivity contribution in [2.45, 2.75) is 17.2 Å². The number of carbonyl (C=O) groups excluding carboxylic acids is 1. The lowest BCUT2D eigenvalue weighted by molar-refractivity contribution is -0.120. The molecule has 0 aliphatic heterocycles. The molecule has 1 aromatic carbocycles. The largest absolute Gasteiger partial charge is 0.276 e. The molecule has 1 amide bonds. The fourth-order valence-electron chi connectivity index (χ4n) is 2.37. The molecule has 1 aliphatic carbocycles. The highest BCUT2D eigenvalue weighted by atomic mass is 32.2. The zero-order chi connectivity index (χ0) is 15.9. The second kappa shape index (κ2) is 5.20. The lowest BCUT2D eigenvalue weighted by Crippen LogP contribution is -2.32. The lowest BCUT2D eigenvalue weighted by Gasteiger charge is -2.06. The van der Waals surface area contributed by atoms with Gasteiger partial charge in [-0.2, -0.15) is 5.10 Å². The van der Waals surface area contributed by atoms with E-state index in [0.29, 0.717) is 6.42 Å². The van der Waals surface area contributed by atoms with Crippen LogP contribution in [-0.2, 0) is 21.9 Å². The Kier molecular flexibility index (Phi) is 3.48. The van der Waals surface area contributed by atoms with Crippen LogP contribution in [0.15, 0.2) is 41.6 Å². The van der Waals surface area contributed by atoms with Gasteiger partial charge in [0.15, 0.2) is 0 Å². The zero-order valence-corrected chi connectivity index (χ0v) is 12.5. The summed E-state index contributed by atoms with van der Waals surface area (Å²) in [5.41, 5.74) is 0.918. The summed E-state index contributed by atoms with van der Waals surface area (Å²) in [4.78, 5) is 11.9. The Morgan fingerprint density at radius 2 is 2.05 bits per heavy atom. The third-order valence-corrected chi connectivity index (χ3v) is 5.00. The molecule has 1 fully saturated rings. The SMILES string of the molecule is Cn1cc([C@@H]2C[C@@H]2C(=O)NS(=O)(=O)c2ccc(F)cc2)cn1. The summed E-state index contributed by atoms with van der Waals surface area (Å²) in [6.45, 7) is 0. The number of rotatable bonds is 4. The van der Waals surface area contributed by atoms with Crippen LogP contribution in [0.1, 0.15) is 17.9 Å². The molecule has 8 heteroatoms. The monoisotopic (exact) mass is 323 g/mol. The van der Waals surface area contributed by atoms with E-state index < -0.39 is 21.7 Å². The number of nitrogens with zero attached hydrogens (tertiary/aromatic N) is 2. The Balaban J connectivity index is 1.68. The fraction of sp³-hybridized carbons (Fsp3) is 0.286. The molecule has 1 N–H and O–H groups in total. The summed E-state index contributed by atoms with van der Waals surface area (Å²) in [6, 6.07) is 4.32. The summed E-state index contributed by atoms with van der Waals surface area (Å²) in [5.74, 6) is -1.46. The van der Waals surface area contributed by atoms with Gasteiger partial charge < -0.3 is 0 Å². The van der Waals surface area contributed by atoms with Crippen molar-refractivity contribution in [2.75, 3.05) is 0 Å². The van der Waals surface area contributed by atoms with Crippen LogP contribution in [0.2, 0.25) is 0 Å². The molecule has 2 aromatic rings. The van der Waals surface area contributed by atoms with Crippen LogP contribution in [0.25, 0.3) is 0 Å². The molecule has 3 rings (SSSR count). The summed E-state index contributed by atoms with van der Waals surface area (Å²) in [6.07, 6.45) is 4.08. The van der Waals surface area contributed by atoms with Crippen molar-refractivity contribution in [3.8, 4) is 0 Å². The maximum Gasteiger partial charge on any atom is 0.264 e. The smallest absolute Gasteiger partial charge is 0.264 e. The van der Waals surface area contributed by atoms with E-state index in [4.69, 9.17) is 0 Å². The average molecular weight is 323 g/mol. The van der Waals surface area contributed by atoms with Crippen molar-refractivity contribution < 1.29 is 17.6 Å². The number of hydrogen-bond acceptors (Lipinski definition) is 4. The van der Waals surface area contributed by atoms with E-state index in [1.165, 1.54) is 0 Å². The minimum atomic E-state index is -3.97. The molecule has 1 aromatic heterocycles. The van der Waals surface area contributed by atoms with Crippen LogP contribution in [0.5, 0.6) is 0 Å². The first kappa shape index (κ1) is 14.7. The normalized spacial score (nSPS) is 20.6. The van der Waals surface area contributed by atoms with Crippen molar-refractivity contribution in [1.82, 2.24) is 14.5 Å². The summed E-state index contributed by atoms with van der Waals surface area (Å²) >= 11 is 0. The Morgan fingerprint density at radius 3 is 2.64 bits per heavy atom. The van der Waals surface area contributed by atoms with Gasteiger partial charge in [0.05, 0.1) is 11.1 Å². The van der Waals surface area contributed by atoms with Crippen molar-refractivity contribution in [1.29, 1.82) is 0 Å². The second-order valence-electron chi connectivity index (χ2n) is 5.32. The topological polar surface area (TPSA) is 81.1 Å². The predicted octanol–water partition coefficient (Wildman–Crippen LogP) is 1.17. The molecule has 0 saturated heterocycles. The van der Waals surface area contributed by atoms with E-state index in [2.05, 4.69) is 5.10 Å². The Morgan fingerprint density at radius 1 is 1.36 bits per heavy atom. The number of benzene rings is 1. The number of sulfonamides is 1. The van der Waals surface area contributed by atoms with Gasteiger partial charge in [0.1, 0.15) is 5.82 Å². The third kappa shape index (κ3) is 2.87. The first-order chi connectivity index (χ1) is 10.4. The molecular formula is C14H14FN3O3S. The van der Waals surface area contributed by atoms with Gasteiger partial charge in [0.25, 0.3) is 10.0 Å². The van der Waals surface area contributed by atoms with Crippen LogP contribution in [0.4, 0.5) is 4.39 Å². The Bertz CT molecular complexity index is 814. The van der Waals surface area contributed by atoms with Crippen molar-refractivity contribution >= 4 is 15.9 Å². The van der Waals surface area contributed by atoms with E-state index >= 15 is 0 Å². The molecule has 0 unspecified atom stereocenters. The van der Waals surface area contributed by atoms with Gasteiger partial charge in [0.2, 0.25) is 5.91 Å². The van der Waals surface area contributed by atoms with E-state index in [-0.39, 0.29) is 16.7 Å². The summed E-state index contributed by atoms with van der Waals surface area (Å²) in [5, 5.41) is 4.03. The highest BCUT2D eigenvalue weighted by Crippen LogP contribution is 2.47. The van der Waals surface area contributed by atoms with Gasteiger partial charge >= 0.3 is 0 Å². The van der Waals surface area contributed by atoms with Crippen LogP contribution >= 0.6 is 0 Å². The van der Waals surface area contributed by atoms with Gasteiger partial charge in [-0.15, -0.1) is 0 Å². The number of halogens is 1. The summed E-state index contributed by atoms with van der Waals surface area (Å²) < 4.78 is 40.6. The van der Waals surface area contributed by atoms with Gasteiger partial charge in [-0.3, -0.25) is 9.48 Å². The van der Waals surface area contributed by atoms with Crippen LogP contribution in [0.3, 0.4) is 0 Å². The van der Waals surface area contributed by atoms with E-state index in [1.807, 2.05) is 10.9 Å². The average Bonchev–Trinajstić information content (AvgIpc) is 3.14. The number of aryl methyl sites for hydroxylation is 1. The number of aromatic nitrogens is 2. The number of carbonyl (C=O) groups is 1. The maximum atomic E-state index is 12.8. The fourth-order valence-corrected chi connectivity index (χ4v) is 3.39. The van der Waals surface area contributed by atoms with Crippen molar-refractivity contribution in [3.05, 3.63) is 48.0 Å². The zero-order valence-electron chi connectivity index (χ0n) is 11.7. The van der Waals surface area contributed by atoms with Gasteiger partial charge in [-0.25, -0.2) is 17.5 Å². The molecule has 22 heavy (non-hydrogen) atoms. The van der Waals surface area contributed by atoms with Crippen LogP contribution in [0, 0.1) is 11.7 Å². The third-order valence-electron chi connectivity index (χ3n) is 3.64. The molecule has 0 bridgehead atoms. The van der Waals surface area contributed by atoms with Gasteiger partial charge in [-0.1, -0.05) is 0 Å². The number of nitrogens with one attached hydrogen (secondary N) is 1. The second-order valence-corrected chi connectivity index (χ2v) is 7.00. The van der Waals surface area contributed by atoms with Gasteiger partial charge in [0, 0.05) is 19.2 Å². The Labute approximate surface area is 127 Å². The highest BCUT2D eigenvalue weighted by Gasteiger charge is 2.45. The van der Waals surface area contributed by atoms with E-state index in [1.54, 1.807) is 17.9 Å². The van der Waals surface area contributed by atoms with E-state index in [9.17, 15) is 17.6 Å². The molecule has 1 aliphatic rings. The molecule has 116 valence electrons. The maximum absolute atomic E-state index is 12.8. The molecule has 1 heterocycles. The minimum Gasteiger partial charge on any atom is -0.276 e. The standard InChI is InChI=1S/C14H14FN3O3S/c1-18-8-9(7-16-18)12-6-13(12)14(19)17-22(20,21)11-4-2-10(15)3-5-11/h2-5,7-8,12-13H,6H2,1H3,(H,17,19)/t12-,13-/m0/s1. The molecule has 0 radical (unpaired) electrons. The van der Waals surface area contributed by atoms with E-state index in [0.717, 1.165) is 29.8 Å². The first-order valence-corrected chi connectivity index (χ1v) is 8.16. The molecule has 0 spiro atoms.